The highest BCUT2D eigenvalue weighted by atomic mass is 32.1. The zero-order valence-corrected chi connectivity index (χ0v) is 18.4. The van der Waals surface area contributed by atoms with Gasteiger partial charge in [-0.15, -0.1) is 11.3 Å². The number of para-hydroxylation sites is 1. The van der Waals surface area contributed by atoms with E-state index in [0.717, 1.165) is 37.6 Å². The zero-order chi connectivity index (χ0) is 22.1. The molecule has 0 unspecified atom stereocenters. The quantitative estimate of drug-likeness (QED) is 0.443. The van der Waals surface area contributed by atoms with Gasteiger partial charge in [0.15, 0.2) is 11.5 Å². The largest absolute Gasteiger partial charge is 0.493 e. The Labute approximate surface area is 189 Å². The number of nitrogens with one attached hydrogen (secondary N) is 2. The number of rotatable bonds is 5. The third-order valence-corrected chi connectivity index (χ3v) is 6.47. The van der Waals surface area contributed by atoms with E-state index >= 15 is 0 Å². The minimum Gasteiger partial charge on any atom is -0.493 e. The second-order valence-corrected chi connectivity index (χ2v) is 8.32. The summed E-state index contributed by atoms with van der Waals surface area (Å²) in [6, 6.07) is 22.9. The molecule has 0 radical (unpaired) electrons. The monoisotopic (exact) mass is 443 g/mol. The van der Waals surface area contributed by atoms with Gasteiger partial charge in [-0.25, -0.2) is 9.78 Å². The van der Waals surface area contributed by atoms with Crippen molar-refractivity contribution < 1.29 is 14.3 Å². The van der Waals surface area contributed by atoms with E-state index in [1.807, 2.05) is 66.7 Å². The molecule has 3 aromatic carbocycles. The number of aromatic nitrogens is 1. The molecule has 0 fully saturated rings. The van der Waals surface area contributed by atoms with E-state index in [0.29, 0.717) is 11.5 Å². The maximum Gasteiger partial charge on any atom is 0.320 e. The number of nitrogens with zero attached hydrogens (tertiary/aromatic N) is 1. The first-order chi connectivity index (χ1) is 15.7. The van der Waals surface area contributed by atoms with Gasteiger partial charge in [0.25, 0.3) is 0 Å². The molecule has 160 valence electrons. The number of carbonyl (C=O) groups is 1. The second kappa shape index (κ2) is 8.36. The first kappa shape index (κ1) is 20.1. The average Bonchev–Trinajstić information content (AvgIpc) is 3.27. The van der Waals surface area contributed by atoms with Crippen LogP contribution in [0.5, 0.6) is 11.5 Å². The molecule has 2 heterocycles. The van der Waals surface area contributed by atoms with Gasteiger partial charge in [0.2, 0.25) is 0 Å². The van der Waals surface area contributed by atoms with Crippen molar-refractivity contribution in [1.82, 2.24) is 15.6 Å². The van der Waals surface area contributed by atoms with Crippen LogP contribution >= 0.6 is 11.3 Å². The molecule has 0 saturated heterocycles. The summed E-state index contributed by atoms with van der Waals surface area (Å²) < 4.78 is 12.0. The number of fused-ring (bicyclic) bond motifs is 1. The lowest BCUT2D eigenvalue weighted by molar-refractivity contribution is 0.242. The highest BCUT2D eigenvalue weighted by molar-refractivity contribution is 7.19. The smallest absolute Gasteiger partial charge is 0.320 e. The van der Waals surface area contributed by atoms with Gasteiger partial charge < -0.3 is 20.1 Å². The first-order valence-corrected chi connectivity index (χ1v) is 10.9. The number of urea groups is 1. The average molecular weight is 444 g/mol. The van der Waals surface area contributed by atoms with Crippen LogP contribution in [0.15, 0.2) is 72.8 Å². The van der Waals surface area contributed by atoms with E-state index in [4.69, 9.17) is 14.5 Å². The highest BCUT2D eigenvalue weighted by Crippen LogP contribution is 2.42. The predicted octanol–water partition coefficient (Wildman–Crippen LogP) is 5.24. The first-order valence-electron chi connectivity index (χ1n) is 10.1. The minimum atomic E-state index is -0.417. The van der Waals surface area contributed by atoms with Gasteiger partial charge in [-0.05, 0) is 35.4 Å². The predicted molar refractivity (Wildman–Crippen MR) is 127 cm³/mol. The van der Waals surface area contributed by atoms with Crippen LogP contribution in [0, 0.1) is 0 Å². The van der Waals surface area contributed by atoms with Gasteiger partial charge in [-0.3, -0.25) is 0 Å². The summed E-state index contributed by atoms with van der Waals surface area (Å²) in [5, 5.41) is 6.94. The minimum absolute atomic E-state index is 0.270. The van der Waals surface area contributed by atoms with Crippen molar-refractivity contribution in [1.29, 1.82) is 0 Å². The van der Waals surface area contributed by atoms with Crippen molar-refractivity contribution in [2.45, 2.75) is 6.04 Å². The van der Waals surface area contributed by atoms with Crippen molar-refractivity contribution in [3.63, 3.8) is 0 Å². The molecule has 0 aliphatic carbocycles. The topological polar surface area (TPSA) is 72.5 Å². The molecule has 2 amide bonds. The Morgan fingerprint density at radius 2 is 1.66 bits per heavy atom. The molecular weight excluding hydrogens is 422 g/mol. The van der Waals surface area contributed by atoms with E-state index in [9.17, 15) is 4.79 Å². The number of ether oxygens (including phenoxy) is 2. The molecule has 32 heavy (non-hydrogen) atoms. The van der Waals surface area contributed by atoms with E-state index in [2.05, 4.69) is 16.7 Å². The lowest BCUT2D eigenvalue weighted by Gasteiger charge is -2.30. The molecule has 7 heteroatoms. The van der Waals surface area contributed by atoms with Crippen molar-refractivity contribution in [3.05, 3.63) is 88.9 Å². The van der Waals surface area contributed by atoms with Crippen molar-refractivity contribution in [2.75, 3.05) is 14.2 Å². The summed E-state index contributed by atoms with van der Waals surface area (Å²) in [7, 11) is 3.20. The molecule has 1 aromatic heterocycles. The Kier molecular flexibility index (Phi) is 5.25. The molecule has 6 nitrogen and oxygen atoms in total. The van der Waals surface area contributed by atoms with Gasteiger partial charge >= 0.3 is 6.03 Å². The number of thiazole rings is 1. The maximum absolute atomic E-state index is 12.7. The lowest BCUT2D eigenvalue weighted by Crippen LogP contribution is -2.42. The molecule has 0 bridgehead atoms. The molecule has 1 aliphatic rings. The standard InChI is InChI=1S/C25H21N3O3S/c1-30-18-13-12-16(14-19(18)31-2)23-21(24-26-17-10-6-7-11-20(17)32-24)22(27-25(29)28-23)15-8-4-3-5-9-15/h3-14,23H,1-2H3,(H2,27,28,29)/t23-/m1/s1. The van der Waals surface area contributed by atoms with E-state index in [-0.39, 0.29) is 6.03 Å². The van der Waals surface area contributed by atoms with Crippen LogP contribution in [-0.2, 0) is 0 Å². The fourth-order valence-electron chi connectivity index (χ4n) is 3.90. The van der Waals surface area contributed by atoms with Crippen LogP contribution in [0.1, 0.15) is 22.2 Å². The van der Waals surface area contributed by atoms with Crippen molar-refractivity contribution in [3.8, 4) is 11.5 Å². The number of carbonyl (C=O) groups excluding carboxylic acids is 1. The van der Waals surface area contributed by atoms with E-state index in [1.54, 1.807) is 25.6 Å². The maximum atomic E-state index is 12.7. The normalized spacial score (nSPS) is 15.9. The van der Waals surface area contributed by atoms with Crippen LogP contribution in [0.4, 0.5) is 4.79 Å². The number of amides is 2. The summed E-state index contributed by atoms with van der Waals surface area (Å²) in [6.07, 6.45) is 0. The van der Waals surface area contributed by atoms with E-state index in [1.165, 1.54) is 0 Å². The number of hydrogen-bond donors (Lipinski definition) is 2. The Hall–Kier alpha value is -3.84. The van der Waals surface area contributed by atoms with Crippen LogP contribution in [0.25, 0.3) is 21.5 Å². The van der Waals surface area contributed by atoms with Gasteiger partial charge in [0, 0.05) is 5.57 Å². The third-order valence-electron chi connectivity index (χ3n) is 5.40. The van der Waals surface area contributed by atoms with Crippen molar-refractivity contribution in [2.24, 2.45) is 0 Å². The van der Waals surface area contributed by atoms with Gasteiger partial charge in [0.05, 0.1) is 36.2 Å². The second-order valence-electron chi connectivity index (χ2n) is 7.29. The molecule has 2 N–H and O–H groups in total. The van der Waals surface area contributed by atoms with Crippen LogP contribution < -0.4 is 20.1 Å². The van der Waals surface area contributed by atoms with Crippen molar-refractivity contribution >= 4 is 38.9 Å². The summed E-state index contributed by atoms with van der Waals surface area (Å²) in [5.41, 5.74) is 4.37. The molecule has 1 aliphatic heterocycles. The lowest BCUT2D eigenvalue weighted by atomic mass is 9.92. The molecule has 4 aromatic rings. The Morgan fingerprint density at radius 1 is 0.906 bits per heavy atom. The fourth-order valence-corrected chi connectivity index (χ4v) is 4.94. The summed E-state index contributed by atoms with van der Waals surface area (Å²) >= 11 is 1.60. The molecule has 0 saturated carbocycles. The third kappa shape index (κ3) is 3.56. The highest BCUT2D eigenvalue weighted by Gasteiger charge is 2.32. The number of hydrogen-bond acceptors (Lipinski definition) is 5. The van der Waals surface area contributed by atoms with Gasteiger partial charge in [-0.1, -0.05) is 48.5 Å². The molecule has 5 rings (SSSR count). The fraction of sp³-hybridized carbons (Fsp3) is 0.120. The van der Waals surface area contributed by atoms with Gasteiger partial charge in [0.1, 0.15) is 5.01 Å². The van der Waals surface area contributed by atoms with Crippen LogP contribution in [-0.4, -0.2) is 25.2 Å². The summed E-state index contributed by atoms with van der Waals surface area (Å²) in [5.74, 6) is 1.23. The Bertz CT molecular complexity index is 1300. The summed E-state index contributed by atoms with van der Waals surface area (Å²) in [6.45, 7) is 0. The van der Waals surface area contributed by atoms with E-state index < -0.39 is 6.04 Å². The van der Waals surface area contributed by atoms with Crippen LogP contribution in [0.2, 0.25) is 0 Å². The Balaban J connectivity index is 1.75. The molecule has 0 spiro atoms. The number of benzene rings is 3. The number of methoxy groups -OCH3 is 2. The zero-order valence-electron chi connectivity index (χ0n) is 17.6. The summed E-state index contributed by atoms with van der Waals surface area (Å²) in [4.78, 5) is 17.6. The van der Waals surface area contributed by atoms with Crippen LogP contribution in [0.3, 0.4) is 0 Å². The Morgan fingerprint density at radius 3 is 2.41 bits per heavy atom. The molecule has 1 atom stereocenters. The SMILES string of the molecule is COc1ccc([C@H]2NC(=O)NC(c3ccccc3)=C2c2nc3ccccc3s2)cc1OC. The van der Waals surface area contributed by atoms with Gasteiger partial charge in [-0.2, -0.15) is 0 Å². The molecular formula is C25H21N3O3S.